The minimum Gasteiger partial charge on any atom is -0.341 e. The number of rotatable bonds is 7. The minimum atomic E-state index is 0.169. The molecule has 2 atom stereocenters. The molecular weight excluding hydrogens is 679 g/mol. The zero-order valence-corrected chi connectivity index (χ0v) is 31.5. The summed E-state index contributed by atoms with van der Waals surface area (Å²) >= 11 is 3.92. The molecule has 1 aliphatic heterocycles. The summed E-state index contributed by atoms with van der Waals surface area (Å²) in [6, 6.07) is 45.0. The first-order valence-corrected chi connectivity index (χ1v) is 20.8. The Labute approximate surface area is 322 Å². The van der Waals surface area contributed by atoms with Crippen molar-refractivity contribution < 1.29 is 0 Å². The maximum absolute atomic E-state index is 2.56. The lowest BCUT2D eigenvalue weighted by Crippen LogP contribution is -2.25. The molecule has 1 spiro atoms. The summed E-state index contributed by atoms with van der Waals surface area (Å²) in [6.07, 6.45) is 26.6. The lowest BCUT2D eigenvalue weighted by Gasteiger charge is -2.32. The van der Waals surface area contributed by atoms with Crippen LogP contribution in [-0.4, -0.2) is 18.1 Å². The quantitative estimate of drug-likeness (QED) is 0.161. The first-order chi connectivity index (χ1) is 26.2. The van der Waals surface area contributed by atoms with E-state index in [0.29, 0.717) is 5.92 Å². The van der Waals surface area contributed by atoms with Crippen LogP contribution in [0.1, 0.15) is 30.4 Å². The second-order valence-electron chi connectivity index (χ2n) is 14.5. The number of hydrogen-bond acceptors (Lipinski definition) is 3. The second-order valence-corrected chi connectivity index (χ2v) is 16.7. The third-order valence-corrected chi connectivity index (χ3v) is 13.2. The van der Waals surface area contributed by atoms with Crippen LogP contribution in [0, 0.1) is 11.3 Å². The van der Waals surface area contributed by atoms with Crippen molar-refractivity contribution in [3.63, 3.8) is 0 Å². The van der Waals surface area contributed by atoms with Crippen molar-refractivity contribution in [3.05, 3.63) is 193 Å². The van der Waals surface area contributed by atoms with Gasteiger partial charge in [-0.1, -0.05) is 140 Å². The summed E-state index contributed by atoms with van der Waals surface area (Å²) in [6.45, 7) is 0.898. The van der Waals surface area contributed by atoms with Crippen LogP contribution < -0.4 is 4.90 Å². The van der Waals surface area contributed by atoms with E-state index in [1.807, 2.05) is 23.1 Å². The molecule has 0 bridgehead atoms. The molecule has 9 rings (SSSR count). The van der Waals surface area contributed by atoms with Crippen molar-refractivity contribution >= 4 is 65.8 Å². The highest BCUT2D eigenvalue weighted by Gasteiger charge is 2.28. The van der Waals surface area contributed by atoms with E-state index in [-0.39, 0.29) is 5.41 Å². The van der Waals surface area contributed by atoms with Gasteiger partial charge in [0, 0.05) is 55.0 Å². The topological polar surface area (TPSA) is 3.24 Å². The van der Waals surface area contributed by atoms with Gasteiger partial charge < -0.3 is 4.90 Å². The van der Waals surface area contributed by atoms with Crippen LogP contribution in [0.5, 0.6) is 0 Å². The van der Waals surface area contributed by atoms with Gasteiger partial charge in [-0.2, -0.15) is 11.8 Å². The smallest absolute Gasteiger partial charge is 0.0411 e. The van der Waals surface area contributed by atoms with E-state index >= 15 is 0 Å². The Morgan fingerprint density at radius 3 is 2.11 bits per heavy atom. The van der Waals surface area contributed by atoms with Gasteiger partial charge in [-0.15, -0.1) is 11.3 Å². The Kier molecular flexibility index (Phi) is 9.61. The molecule has 3 heteroatoms. The van der Waals surface area contributed by atoms with Crippen molar-refractivity contribution in [2.75, 3.05) is 23.0 Å². The Morgan fingerprint density at radius 1 is 0.585 bits per heavy atom. The van der Waals surface area contributed by atoms with Crippen molar-refractivity contribution in [2.45, 2.75) is 19.3 Å². The number of hydrogen-bond donors (Lipinski definition) is 0. The predicted molar refractivity (Wildman–Crippen MR) is 234 cm³/mol. The highest BCUT2D eigenvalue weighted by molar-refractivity contribution is 7.99. The molecule has 0 saturated heterocycles. The van der Waals surface area contributed by atoms with E-state index in [1.165, 1.54) is 64.9 Å². The number of thioether (sulfide) groups is 1. The molecule has 1 nitrogen and oxygen atoms in total. The average molecular weight is 722 g/mol. The standard InChI is InChI=1S/C50H43NS2/c1-2-9-31-52-36-50(29-8-1)30-11-16-43(34-50)40-21-26-45(27-22-40)51(35-37-12-10-15-41(32-37)38-13-4-3-5-14-38)44-24-19-39(20-25-44)42-23-28-49-47(33-42)46-17-6-7-18-48(46)53-49/h1-11,13-28,32-34,37H,12,29-31,35-36H2/b8-1-,9-2-. The van der Waals surface area contributed by atoms with Gasteiger partial charge in [0.05, 0.1) is 0 Å². The molecule has 0 N–H and O–H groups in total. The fourth-order valence-electron chi connectivity index (χ4n) is 8.05. The summed E-state index contributed by atoms with van der Waals surface area (Å²) in [4.78, 5) is 2.52. The van der Waals surface area contributed by atoms with E-state index in [9.17, 15) is 0 Å². The Balaban J connectivity index is 1.03. The zero-order chi connectivity index (χ0) is 35.5. The largest absolute Gasteiger partial charge is 0.341 e. The van der Waals surface area contributed by atoms with Gasteiger partial charge in [-0.25, -0.2) is 0 Å². The van der Waals surface area contributed by atoms with E-state index in [2.05, 4.69) is 187 Å². The molecule has 0 amide bonds. The monoisotopic (exact) mass is 721 g/mol. The first-order valence-electron chi connectivity index (χ1n) is 18.8. The van der Waals surface area contributed by atoms with Crippen LogP contribution in [0.4, 0.5) is 11.4 Å². The molecule has 6 aromatic rings. The normalized spacial score (nSPS) is 21.1. The summed E-state index contributed by atoms with van der Waals surface area (Å²) in [5.74, 6) is 2.60. The Hall–Kier alpha value is -5.09. The van der Waals surface area contributed by atoms with E-state index in [4.69, 9.17) is 0 Å². The molecule has 0 fully saturated rings. The lowest BCUT2D eigenvalue weighted by molar-refractivity contribution is 0.449. The molecule has 2 aliphatic carbocycles. The summed E-state index contributed by atoms with van der Waals surface area (Å²) in [5.41, 5.74) is 10.3. The second kappa shape index (κ2) is 15.1. The van der Waals surface area contributed by atoms with Crippen molar-refractivity contribution in [3.8, 4) is 11.1 Å². The minimum absolute atomic E-state index is 0.169. The predicted octanol–water partition coefficient (Wildman–Crippen LogP) is 14.1. The molecule has 1 aromatic heterocycles. The van der Waals surface area contributed by atoms with Gasteiger partial charge in [-0.3, -0.25) is 0 Å². The maximum atomic E-state index is 2.56. The SMILES string of the molecule is C1=CC(c2ccccc2)=CC(CN(c2ccc(C3=CC4(CC=C3)C/C=C\C=C/CSC4)cc2)c2ccc(-c3ccc4sc5ccccc5c4c3)cc2)C1. The van der Waals surface area contributed by atoms with Gasteiger partial charge in [0.2, 0.25) is 0 Å². The maximum Gasteiger partial charge on any atom is 0.0411 e. The average Bonchev–Trinajstić information content (AvgIpc) is 3.64. The third kappa shape index (κ3) is 7.29. The van der Waals surface area contributed by atoms with Crippen LogP contribution in [-0.2, 0) is 0 Å². The number of nitrogens with zero attached hydrogens (tertiary/aromatic N) is 1. The van der Waals surface area contributed by atoms with E-state index < -0.39 is 0 Å². The van der Waals surface area contributed by atoms with Crippen LogP contribution in [0.15, 0.2) is 182 Å². The van der Waals surface area contributed by atoms with Gasteiger partial charge >= 0.3 is 0 Å². The van der Waals surface area contributed by atoms with Crippen LogP contribution in [0.3, 0.4) is 0 Å². The van der Waals surface area contributed by atoms with Gasteiger partial charge in [0.1, 0.15) is 0 Å². The van der Waals surface area contributed by atoms with Gasteiger partial charge in [0.15, 0.2) is 0 Å². The van der Waals surface area contributed by atoms with E-state index in [0.717, 1.165) is 37.3 Å². The molecule has 260 valence electrons. The highest BCUT2D eigenvalue weighted by atomic mass is 32.2. The van der Waals surface area contributed by atoms with Crippen LogP contribution >= 0.6 is 23.1 Å². The first kappa shape index (κ1) is 33.7. The molecule has 0 saturated carbocycles. The summed E-state index contributed by atoms with van der Waals surface area (Å²) in [7, 11) is 0. The number of thiophene rings is 1. The Bertz CT molecular complexity index is 2420. The molecule has 5 aromatic carbocycles. The van der Waals surface area contributed by atoms with Crippen LogP contribution in [0.25, 0.3) is 42.4 Å². The fourth-order valence-corrected chi connectivity index (χ4v) is 10.2. The Morgan fingerprint density at radius 2 is 1.26 bits per heavy atom. The number of allylic oxidation sites excluding steroid dienone is 10. The number of benzene rings is 5. The third-order valence-electron chi connectivity index (χ3n) is 10.9. The number of fused-ring (bicyclic) bond motifs is 3. The van der Waals surface area contributed by atoms with Crippen LogP contribution in [0.2, 0.25) is 0 Å². The van der Waals surface area contributed by atoms with Gasteiger partial charge in [-0.05, 0) is 101 Å². The summed E-state index contributed by atoms with van der Waals surface area (Å²) in [5, 5.41) is 2.68. The van der Waals surface area contributed by atoms with Crippen molar-refractivity contribution in [2.24, 2.45) is 11.3 Å². The fraction of sp³-hybridized carbons (Fsp3) is 0.160. The summed E-state index contributed by atoms with van der Waals surface area (Å²) < 4.78 is 2.69. The van der Waals surface area contributed by atoms with Crippen molar-refractivity contribution in [1.82, 2.24) is 0 Å². The molecular formula is C50H43NS2. The number of anilines is 2. The zero-order valence-electron chi connectivity index (χ0n) is 29.9. The lowest BCUT2D eigenvalue weighted by atomic mass is 9.77. The van der Waals surface area contributed by atoms with E-state index in [1.54, 1.807) is 0 Å². The van der Waals surface area contributed by atoms with Gasteiger partial charge in [0.25, 0.3) is 0 Å². The molecule has 0 radical (unpaired) electrons. The van der Waals surface area contributed by atoms with Crippen molar-refractivity contribution in [1.29, 1.82) is 0 Å². The highest BCUT2D eigenvalue weighted by Crippen LogP contribution is 2.42. The molecule has 3 aliphatic rings. The molecule has 2 unspecified atom stereocenters. The molecule has 2 heterocycles. The molecule has 53 heavy (non-hydrogen) atoms.